The number of aromatic hydroxyl groups is 1. The first kappa shape index (κ1) is 13.2. The molecule has 0 fully saturated rings. The molecule has 0 saturated heterocycles. The van der Waals surface area contributed by atoms with Gasteiger partial charge in [-0.1, -0.05) is 13.0 Å². The van der Waals surface area contributed by atoms with Gasteiger partial charge >= 0.3 is 29.6 Å². The molecule has 0 saturated carbocycles. The summed E-state index contributed by atoms with van der Waals surface area (Å²) in [5, 5.41) is 9.04. The molecule has 0 unspecified atom stereocenters. The summed E-state index contributed by atoms with van der Waals surface area (Å²) < 4.78 is 30.7. The van der Waals surface area contributed by atoms with Crippen LogP contribution in [0, 0.1) is 24.6 Å². The van der Waals surface area contributed by atoms with E-state index in [0.717, 1.165) is 6.07 Å². The number of aryl methyl sites for hydroxylation is 1. The van der Waals surface area contributed by atoms with Gasteiger partial charge in [-0.15, -0.1) is 5.39 Å². The van der Waals surface area contributed by atoms with Crippen molar-refractivity contribution >= 4 is 11.0 Å². The van der Waals surface area contributed by atoms with Gasteiger partial charge in [0.2, 0.25) is 5.63 Å². The molecule has 0 amide bonds. The Bertz CT molecular complexity index is 607. The monoisotopic (exact) mass is 234 g/mol. The van der Waals surface area contributed by atoms with Crippen LogP contribution < -0.4 is 35.2 Å². The first-order valence-electron chi connectivity index (χ1n) is 4.04. The van der Waals surface area contributed by atoms with Gasteiger partial charge in [0.15, 0.2) is 17.4 Å². The third kappa shape index (κ3) is 1.98. The summed E-state index contributed by atoms with van der Waals surface area (Å²) in [6.45, 7) is 1.47. The van der Waals surface area contributed by atoms with E-state index in [1.807, 2.05) is 0 Å². The van der Waals surface area contributed by atoms with Crippen molar-refractivity contribution in [2.24, 2.45) is 0 Å². The molecule has 2 aromatic rings. The molecular formula is C10H5F2NaO3. The molecule has 3 nitrogen and oxygen atoms in total. The summed E-state index contributed by atoms with van der Waals surface area (Å²) in [5.41, 5.74) is -1.07. The standard InChI is InChI=1S/C10H5F2O3.Na/c1-4-2-7(13)15-10-5(4)3-6(11)9(14)8(10)12;/h3,14H,1H3;/q-1;+1. The van der Waals surface area contributed by atoms with Crippen LogP contribution in [0.1, 0.15) is 5.56 Å². The van der Waals surface area contributed by atoms with Crippen LogP contribution in [-0.4, -0.2) is 5.11 Å². The molecule has 78 valence electrons. The van der Waals surface area contributed by atoms with Gasteiger partial charge in [-0.05, 0) is 0 Å². The molecule has 0 aliphatic rings. The molecule has 0 spiro atoms. The van der Waals surface area contributed by atoms with E-state index in [4.69, 9.17) is 5.11 Å². The normalized spacial score (nSPS) is 10.2. The summed E-state index contributed by atoms with van der Waals surface area (Å²) in [5.74, 6) is -3.54. The van der Waals surface area contributed by atoms with E-state index < -0.39 is 28.6 Å². The maximum absolute atomic E-state index is 13.3. The molecule has 1 aromatic heterocycles. The molecule has 6 heteroatoms. The zero-order valence-corrected chi connectivity index (χ0v) is 10.6. The van der Waals surface area contributed by atoms with E-state index in [9.17, 15) is 13.6 Å². The van der Waals surface area contributed by atoms with E-state index in [-0.39, 0.29) is 40.5 Å². The van der Waals surface area contributed by atoms with Gasteiger partial charge in [0.25, 0.3) is 0 Å². The quantitative estimate of drug-likeness (QED) is 0.357. The Labute approximate surface area is 111 Å². The Morgan fingerprint density at radius 1 is 1.44 bits per heavy atom. The number of hydrogen-bond acceptors (Lipinski definition) is 3. The van der Waals surface area contributed by atoms with E-state index in [0.29, 0.717) is 0 Å². The Kier molecular flexibility index (Phi) is 3.72. The van der Waals surface area contributed by atoms with Crippen molar-refractivity contribution in [3.63, 3.8) is 0 Å². The minimum atomic E-state index is -1.28. The number of halogens is 2. The van der Waals surface area contributed by atoms with Gasteiger partial charge in [-0.2, -0.15) is 6.07 Å². The summed E-state index contributed by atoms with van der Waals surface area (Å²) in [7, 11) is 0. The summed E-state index contributed by atoms with van der Waals surface area (Å²) >= 11 is 0. The van der Waals surface area contributed by atoms with Crippen LogP contribution in [0.2, 0.25) is 0 Å². The smallest absolute Gasteiger partial charge is 0.503 e. The molecule has 2 rings (SSSR count). The van der Waals surface area contributed by atoms with Gasteiger partial charge in [0, 0.05) is 0 Å². The van der Waals surface area contributed by atoms with Crippen LogP contribution in [0.5, 0.6) is 5.75 Å². The molecule has 0 bridgehead atoms. The van der Waals surface area contributed by atoms with Crippen LogP contribution in [0.4, 0.5) is 8.78 Å². The van der Waals surface area contributed by atoms with Gasteiger partial charge in [0.1, 0.15) is 0 Å². The van der Waals surface area contributed by atoms with Gasteiger partial charge < -0.3 is 9.52 Å². The van der Waals surface area contributed by atoms with Crippen LogP contribution in [-0.2, 0) is 0 Å². The average molecular weight is 234 g/mol. The number of rotatable bonds is 0. The Morgan fingerprint density at radius 2 is 2.06 bits per heavy atom. The third-order valence-electron chi connectivity index (χ3n) is 2.04. The Morgan fingerprint density at radius 3 is 2.69 bits per heavy atom. The van der Waals surface area contributed by atoms with E-state index in [2.05, 4.69) is 10.5 Å². The average Bonchev–Trinajstić information content (AvgIpc) is 2.17. The Hall–Kier alpha value is -0.910. The SMILES string of the molecule is Cc1[c-]c(=O)oc2c(F)c(O)c(F)cc12.[Na+]. The van der Waals surface area contributed by atoms with Gasteiger partial charge in [0.05, 0.1) is 5.58 Å². The molecule has 0 aliphatic heterocycles. The van der Waals surface area contributed by atoms with Gasteiger partial charge in [-0.3, -0.25) is 4.79 Å². The van der Waals surface area contributed by atoms with Crippen molar-refractivity contribution in [2.75, 3.05) is 0 Å². The number of fused-ring (bicyclic) bond motifs is 1. The second kappa shape index (κ2) is 4.53. The van der Waals surface area contributed by atoms with Gasteiger partial charge in [-0.25, -0.2) is 14.3 Å². The van der Waals surface area contributed by atoms with Crippen molar-refractivity contribution in [1.82, 2.24) is 0 Å². The molecule has 16 heavy (non-hydrogen) atoms. The van der Waals surface area contributed by atoms with Crippen molar-refractivity contribution in [3.05, 3.63) is 39.8 Å². The fraction of sp³-hybridized carbons (Fsp3) is 0.100. The minimum Gasteiger partial charge on any atom is -0.503 e. The second-order valence-electron chi connectivity index (χ2n) is 3.04. The molecule has 1 N–H and O–H groups in total. The third-order valence-corrected chi connectivity index (χ3v) is 2.04. The van der Waals surface area contributed by atoms with Crippen molar-refractivity contribution in [2.45, 2.75) is 6.92 Å². The predicted molar refractivity (Wildman–Crippen MR) is 47.6 cm³/mol. The number of hydrogen-bond donors (Lipinski definition) is 1. The molecule has 0 aliphatic carbocycles. The predicted octanol–water partition coefficient (Wildman–Crippen LogP) is -1.11. The van der Waals surface area contributed by atoms with Crippen LogP contribution in [0.3, 0.4) is 0 Å². The number of phenolic OH excluding ortho intramolecular Hbond substituents is 1. The first-order valence-corrected chi connectivity index (χ1v) is 4.04. The summed E-state index contributed by atoms with van der Waals surface area (Å²) in [6, 6.07) is 3.14. The first-order chi connectivity index (χ1) is 7.00. The maximum atomic E-state index is 13.3. The molecule has 0 atom stereocenters. The van der Waals surface area contributed by atoms with Crippen LogP contribution >= 0.6 is 0 Å². The fourth-order valence-corrected chi connectivity index (χ4v) is 1.31. The molecule has 1 aromatic carbocycles. The number of benzene rings is 1. The topological polar surface area (TPSA) is 50.4 Å². The second-order valence-corrected chi connectivity index (χ2v) is 3.04. The fourth-order valence-electron chi connectivity index (χ4n) is 1.31. The van der Waals surface area contributed by atoms with Crippen LogP contribution in [0.15, 0.2) is 15.3 Å². The maximum Gasteiger partial charge on any atom is 1.00 e. The van der Waals surface area contributed by atoms with Crippen molar-refractivity contribution in [3.8, 4) is 5.75 Å². The molecule has 0 radical (unpaired) electrons. The molecular weight excluding hydrogens is 229 g/mol. The van der Waals surface area contributed by atoms with Crippen molar-refractivity contribution < 1.29 is 47.9 Å². The van der Waals surface area contributed by atoms with E-state index >= 15 is 0 Å². The van der Waals surface area contributed by atoms with E-state index in [1.165, 1.54) is 6.92 Å². The van der Waals surface area contributed by atoms with Crippen molar-refractivity contribution in [1.29, 1.82) is 0 Å². The van der Waals surface area contributed by atoms with Crippen LogP contribution in [0.25, 0.3) is 11.0 Å². The zero-order valence-electron chi connectivity index (χ0n) is 8.60. The zero-order chi connectivity index (χ0) is 11.2. The summed E-state index contributed by atoms with van der Waals surface area (Å²) in [4.78, 5) is 10.9. The minimum absolute atomic E-state index is 0. The van der Waals surface area contributed by atoms with E-state index in [1.54, 1.807) is 0 Å². The number of phenols is 1. The Balaban J connectivity index is 0.00000128. The largest absolute Gasteiger partial charge is 1.00 e. The molecule has 1 heterocycles. The summed E-state index contributed by atoms with van der Waals surface area (Å²) in [6.07, 6.45) is 0.